The van der Waals surface area contributed by atoms with Gasteiger partial charge >= 0.3 is 0 Å². The maximum Gasteiger partial charge on any atom is 0.0966 e. The third-order valence-corrected chi connectivity index (χ3v) is 2.33. The molecule has 0 aliphatic carbocycles. The van der Waals surface area contributed by atoms with Crippen molar-refractivity contribution in [3.8, 4) is 0 Å². The number of nitrogens with two attached hydrogens (primary N) is 1. The van der Waals surface area contributed by atoms with E-state index in [0.29, 0.717) is 6.54 Å². The molecule has 0 spiro atoms. The zero-order chi connectivity index (χ0) is 11.5. The number of aromatic nitrogens is 3. The van der Waals surface area contributed by atoms with E-state index >= 15 is 0 Å². The molecule has 15 heavy (non-hydrogen) atoms. The molecule has 0 fully saturated rings. The SMILES string of the molecule is CN(Cc1cn(C)nn1)CC(C)(C)CN. The molecule has 86 valence electrons. The van der Waals surface area contributed by atoms with E-state index in [4.69, 9.17) is 5.73 Å². The summed E-state index contributed by atoms with van der Waals surface area (Å²) in [5, 5.41) is 7.95. The van der Waals surface area contributed by atoms with Crippen LogP contribution in [-0.2, 0) is 13.6 Å². The lowest BCUT2D eigenvalue weighted by Gasteiger charge is -2.28. The van der Waals surface area contributed by atoms with Gasteiger partial charge < -0.3 is 5.73 Å². The van der Waals surface area contributed by atoms with Gasteiger partial charge in [-0.1, -0.05) is 19.1 Å². The van der Waals surface area contributed by atoms with Gasteiger partial charge in [0, 0.05) is 26.3 Å². The summed E-state index contributed by atoms with van der Waals surface area (Å²) < 4.78 is 1.72. The lowest BCUT2D eigenvalue weighted by Crippen LogP contribution is -2.36. The molecule has 0 atom stereocenters. The highest BCUT2D eigenvalue weighted by atomic mass is 15.4. The average Bonchev–Trinajstić information content (AvgIpc) is 2.50. The molecule has 0 aliphatic rings. The number of rotatable bonds is 5. The standard InChI is InChI=1S/C10H21N5/c1-10(2,7-11)8-14(3)5-9-6-15(4)13-12-9/h6H,5,7-8,11H2,1-4H3. The second-order valence-corrected chi connectivity index (χ2v) is 4.92. The maximum absolute atomic E-state index is 5.69. The highest BCUT2D eigenvalue weighted by Crippen LogP contribution is 2.14. The third-order valence-electron chi connectivity index (χ3n) is 2.33. The van der Waals surface area contributed by atoms with Crippen molar-refractivity contribution in [2.75, 3.05) is 20.1 Å². The minimum Gasteiger partial charge on any atom is -0.330 e. The zero-order valence-electron chi connectivity index (χ0n) is 10.1. The topological polar surface area (TPSA) is 60.0 Å². The number of nitrogens with zero attached hydrogens (tertiary/aromatic N) is 4. The van der Waals surface area contributed by atoms with E-state index in [-0.39, 0.29) is 5.41 Å². The molecule has 5 heteroatoms. The van der Waals surface area contributed by atoms with Crippen molar-refractivity contribution in [3.05, 3.63) is 11.9 Å². The molecule has 1 aromatic rings. The van der Waals surface area contributed by atoms with Crippen molar-refractivity contribution in [2.24, 2.45) is 18.2 Å². The molecule has 0 saturated carbocycles. The van der Waals surface area contributed by atoms with Gasteiger partial charge in [-0.25, -0.2) is 0 Å². The van der Waals surface area contributed by atoms with E-state index < -0.39 is 0 Å². The third kappa shape index (κ3) is 3.97. The van der Waals surface area contributed by atoms with Gasteiger partial charge in [-0.05, 0) is 19.0 Å². The maximum atomic E-state index is 5.69. The zero-order valence-corrected chi connectivity index (χ0v) is 10.1. The Balaban J connectivity index is 2.46. The van der Waals surface area contributed by atoms with Crippen molar-refractivity contribution in [3.63, 3.8) is 0 Å². The van der Waals surface area contributed by atoms with Gasteiger partial charge in [-0.15, -0.1) is 5.10 Å². The molecule has 0 aliphatic heterocycles. The average molecular weight is 211 g/mol. The highest BCUT2D eigenvalue weighted by Gasteiger charge is 2.18. The summed E-state index contributed by atoms with van der Waals surface area (Å²) in [6.45, 7) is 6.80. The smallest absolute Gasteiger partial charge is 0.0966 e. The van der Waals surface area contributed by atoms with Crippen LogP contribution in [0.3, 0.4) is 0 Å². The van der Waals surface area contributed by atoms with Gasteiger partial charge in [-0.2, -0.15) is 0 Å². The van der Waals surface area contributed by atoms with Crippen molar-refractivity contribution in [2.45, 2.75) is 20.4 Å². The Hall–Kier alpha value is -0.940. The van der Waals surface area contributed by atoms with Crippen LogP contribution < -0.4 is 5.73 Å². The Morgan fingerprint density at radius 1 is 1.53 bits per heavy atom. The molecular weight excluding hydrogens is 190 g/mol. The molecule has 0 unspecified atom stereocenters. The monoisotopic (exact) mass is 211 g/mol. The molecule has 1 heterocycles. The van der Waals surface area contributed by atoms with E-state index in [1.54, 1.807) is 4.68 Å². The minimum absolute atomic E-state index is 0.150. The summed E-state index contributed by atoms with van der Waals surface area (Å²) in [6, 6.07) is 0. The molecule has 0 aromatic carbocycles. The molecule has 0 amide bonds. The van der Waals surface area contributed by atoms with Crippen LogP contribution in [0, 0.1) is 5.41 Å². The van der Waals surface area contributed by atoms with Gasteiger partial charge in [-0.3, -0.25) is 9.58 Å². The van der Waals surface area contributed by atoms with Crippen LogP contribution in [0.2, 0.25) is 0 Å². The predicted molar refractivity (Wildman–Crippen MR) is 60.2 cm³/mol. The lowest BCUT2D eigenvalue weighted by molar-refractivity contribution is 0.208. The van der Waals surface area contributed by atoms with Gasteiger partial charge in [0.15, 0.2) is 0 Å². The van der Waals surface area contributed by atoms with Crippen LogP contribution in [0.15, 0.2) is 6.20 Å². The Bertz CT molecular complexity index is 305. The Labute approximate surface area is 91.2 Å². The predicted octanol–water partition coefficient (Wildman–Crippen LogP) is 0.232. The summed E-state index contributed by atoms with van der Waals surface area (Å²) in [6.07, 6.45) is 1.94. The van der Waals surface area contributed by atoms with Crippen molar-refractivity contribution >= 4 is 0 Å². The van der Waals surface area contributed by atoms with Gasteiger partial charge in [0.2, 0.25) is 0 Å². The van der Waals surface area contributed by atoms with Crippen LogP contribution in [0.5, 0.6) is 0 Å². The van der Waals surface area contributed by atoms with Crippen molar-refractivity contribution in [1.82, 2.24) is 19.9 Å². The lowest BCUT2D eigenvalue weighted by atomic mass is 9.93. The molecule has 0 bridgehead atoms. The Kier molecular flexibility index (Phi) is 3.82. The van der Waals surface area contributed by atoms with Gasteiger partial charge in [0.25, 0.3) is 0 Å². The Morgan fingerprint density at radius 3 is 2.67 bits per heavy atom. The van der Waals surface area contributed by atoms with E-state index in [1.165, 1.54) is 0 Å². The summed E-state index contributed by atoms with van der Waals surface area (Å²) in [5.41, 5.74) is 6.84. The largest absolute Gasteiger partial charge is 0.330 e. The molecule has 1 aromatic heterocycles. The molecule has 0 saturated heterocycles. The van der Waals surface area contributed by atoms with Crippen LogP contribution in [0.1, 0.15) is 19.5 Å². The second kappa shape index (κ2) is 4.72. The van der Waals surface area contributed by atoms with E-state index in [2.05, 4.69) is 36.1 Å². The minimum atomic E-state index is 0.150. The van der Waals surface area contributed by atoms with Crippen molar-refractivity contribution in [1.29, 1.82) is 0 Å². The van der Waals surface area contributed by atoms with Crippen LogP contribution in [0.25, 0.3) is 0 Å². The highest BCUT2D eigenvalue weighted by molar-refractivity contribution is 4.91. The summed E-state index contributed by atoms with van der Waals surface area (Å²) in [7, 11) is 3.95. The first-order valence-electron chi connectivity index (χ1n) is 5.17. The first-order valence-corrected chi connectivity index (χ1v) is 5.17. The quantitative estimate of drug-likeness (QED) is 0.757. The normalized spacial score (nSPS) is 12.4. The Morgan fingerprint density at radius 2 is 2.20 bits per heavy atom. The van der Waals surface area contributed by atoms with Gasteiger partial charge in [0.05, 0.1) is 5.69 Å². The first kappa shape index (κ1) is 12.1. The van der Waals surface area contributed by atoms with E-state index in [0.717, 1.165) is 18.8 Å². The fourth-order valence-corrected chi connectivity index (χ4v) is 1.60. The van der Waals surface area contributed by atoms with Crippen LogP contribution in [-0.4, -0.2) is 40.0 Å². The molecule has 5 nitrogen and oxygen atoms in total. The fraction of sp³-hybridized carbons (Fsp3) is 0.800. The van der Waals surface area contributed by atoms with Crippen LogP contribution >= 0.6 is 0 Å². The molecule has 1 rings (SSSR count). The van der Waals surface area contributed by atoms with E-state index in [9.17, 15) is 0 Å². The number of hydrogen-bond acceptors (Lipinski definition) is 4. The number of aryl methyl sites for hydroxylation is 1. The molecular formula is C10H21N5. The molecule has 2 N–H and O–H groups in total. The summed E-state index contributed by atoms with van der Waals surface area (Å²) in [5.74, 6) is 0. The molecule has 0 radical (unpaired) electrons. The summed E-state index contributed by atoms with van der Waals surface area (Å²) >= 11 is 0. The number of hydrogen-bond donors (Lipinski definition) is 1. The van der Waals surface area contributed by atoms with E-state index in [1.807, 2.05) is 13.2 Å². The van der Waals surface area contributed by atoms with Crippen LogP contribution in [0.4, 0.5) is 0 Å². The first-order chi connectivity index (χ1) is 6.93. The van der Waals surface area contributed by atoms with Crippen molar-refractivity contribution < 1.29 is 0 Å². The fourth-order valence-electron chi connectivity index (χ4n) is 1.60. The second-order valence-electron chi connectivity index (χ2n) is 4.92. The summed E-state index contributed by atoms with van der Waals surface area (Å²) in [4.78, 5) is 2.22. The van der Waals surface area contributed by atoms with Gasteiger partial charge in [0.1, 0.15) is 0 Å².